The Hall–Kier alpha value is -3.22. The summed E-state index contributed by atoms with van der Waals surface area (Å²) in [5.74, 6) is 1.64. The van der Waals surface area contributed by atoms with Gasteiger partial charge in [-0.2, -0.15) is 0 Å². The van der Waals surface area contributed by atoms with Gasteiger partial charge in [-0.15, -0.1) is 0 Å². The molecule has 0 aliphatic carbocycles. The number of ether oxygens (including phenoxy) is 1. The highest BCUT2D eigenvalue weighted by Gasteiger charge is 2.26. The summed E-state index contributed by atoms with van der Waals surface area (Å²) in [6, 6.07) is 11.6. The number of pyridine rings is 1. The molecular weight excluding hydrogens is 330 g/mol. The van der Waals surface area contributed by atoms with Crippen LogP contribution in [-0.2, 0) is 11.3 Å². The van der Waals surface area contributed by atoms with Crippen molar-refractivity contribution in [2.45, 2.75) is 6.54 Å². The molecule has 0 spiro atoms. The van der Waals surface area contributed by atoms with Crippen LogP contribution in [0.4, 0.5) is 5.82 Å². The number of carbonyl (C=O) groups excluding carboxylic acids is 1. The van der Waals surface area contributed by atoms with Gasteiger partial charge in [0, 0.05) is 25.8 Å². The molecule has 1 aliphatic rings. The van der Waals surface area contributed by atoms with Crippen LogP contribution >= 0.6 is 0 Å². The standard InChI is InChI=1S/C19H19N5O2/c1-26-15-5-2-4-14(10-15)11-23-8-9-24(12-17(23)25)19-16-6-3-7-20-18(16)21-13-22-19/h2-7,10,13H,8-9,11-12H2,1H3. The van der Waals surface area contributed by atoms with Crippen LogP contribution in [0.25, 0.3) is 11.0 Å². The summed E-state index contributed by atoms with van der Waals surface area (Å²) < 4.78 is 5.25. The second-order valence-corrected chi connectivity index (χ2v) is 6.16. The smallest absolute Gasteiger partial charge is 0.242 e. The first-order chi connectivity index (χ1) is 12.7. The van der Waals surface area contributed by atoms with E-state index in [1.165, 1.54) is 6.33 Å². The summed E-state index contributed by atoms with van der Waals surface area (Å²) in [5.41, 5.74) is 1.70. The third-order valence-electron chi connectivity index (χ3n) is 4.51. The Morgan fingerprint density at radius 2 is 2.04 bits per heavy atom. The van der Waals surface area contributed by atoms with Gasteiger partial charge < -0.3 is 14.5 Å². The van der Waals surface area contributed by atoms with Crippen LogP contribution in [0.1, 0.15) is 5.56 Å². The summed E-state index contributed by atoms with van der Waals surface area (Å²) in [6.45, 7) is 2.24. The molecule has 2 aromatic heterocycles. The number of aromatic nitrogens is 3. The second kappa shape index (κ2) is 6.95. The Balaban J connectivity index is 1.50. The predicted molar refractivity (Wildman–Crippen MR) is 98.0 cm³/mol. The van der Waals surface area contributed by atoms with E-state index in [1.54, 1.807) is 13.3 Å². The molecule has 1 amide bonds. The Bertz CT molecular complexity index is 941. The van der Waals surface area contributed by atoms with Crippen molar-refractivity contribution >= 4 is 22.8 Å². The molecule has 7 nitrogen and oxygen atoms in total. The molecular formula is C19H19N5O2. The maximum absolute atomic E-state index is 12.7. The number of anilines is 1. The zero-order valence-electron chi connectivity index (χ0n) is 14.5. The van der Waals surface area contributed by atoms with Crippen molar-refractivity contribution in [2.75, 3.05) is 31.6 Å². The van der Waals surface area contributed by atoms with Crippen LogP contribution in [0.3, 0.4) is 0 Å². The Kier molecular flexibility index (Phi) is 4.35. The molecule has 7 heteroatoms. The lowest BCUT2D eigenvalue weighted by Crippen LogP contribution is -2.50. The highest BCUT2D eigenvalue weighted by atomic mass is 16.5. The minimum atomic E-state index is 0.0784. The van der Waals surface area contributed by atoms with Crippen molar-refractivity contribution in [1.82, 2.24) is 19.9 Å². The van der Waals surface area contributed by atoms with Gasteiger partial charge in [-0.3, -0.25) is 4.79 Å². The molecule has 0 atom stereocenters. The normalized spacial score (nSPS) is 14.7. The summed E-state index contributed by atoms with van der Waals surface area (Å²) in [7, 11) is 1.64. The fourth-order valence-electron chi connectivity index (χ4n) is 3.18. The lowest BCUT2D eigenvalue weighted by atomic mass is 10.1. The molecule has 0 radical (unpaired) electrons. The van der Waals surface area contributed by atoms with Gasteiger partial charge in [0.2, 0.25) is 5.91 Å². The molecule has 3 aromatic rings. The third-order valence-corrected chi connectivity index (χ3v) is 4.51. The first-order valence-corrected chi connectivity index (χ1v) is 8.46. The first kappa shape index (κ1) is 16.3. The van der Waals surface area contributed by atoms with Crippen molar-refractivity contribution in [3.05, 3.63) is 54.5 Å². The topological polar surface area (TPSA) is 71.5 Å². The largest absolute Gasteiger partial charge is 0.497 e. The van der Waals surface area contributed by atoms with Gasteiger partial charge >= 0.3 is 0 Å². The molecule has 1 aromatic carbocycles. The number of rotatable bonds is 4. The lowest BCUT2D eigenvalue weighted by molar-refractivity contribution is -0.131. The number of fused-ring (bicyclic) bond motifs is 1. The molecule has 132 valence electrons. The summed E-state index contributed by atoms with van der Waals surface area (Å²) in [4.78, 5) is 29.4. The molecule has 26 heavy (non-hydrogen) atoms. The first-order valence-electron chi connectivity index (χ1n) is 8.46. The average Bonchev–Trinajstić information content (AvgIpc) is 2.69. The summed E-state index contributed by atoms with van der Waals surface area (Å²) in [5, 5.41) is 0.865. The number of amides is 1. The second-order valence-electron chi connectivity index (χ2n) is 6.16. The van der Waals surface area contributed by atoms with Crippen LogP contribution in [-0.4, -0.2) is 52.5 Å². The fraction of sp³-hybridized carbons (Fsp3) is 0.263. The zero-order chi connectivity index (χ0) is 17.9. The maximum atomic E-state index is 12.7. The predicted octanol–water partition coefficient (Wildman–Crippen LogP) is 1.88. The highest BCUT2D eigenvalue weighted by molar-refractivity contribution is 5.90. The minimum absolute atomic E-state index is 0.0784. The van der Waals surface area contributed by atoms with Gasteiger partial charge in [0.05, 0.1) is 19.0 Å². The van der Waals surface area contributed by atoms with Crippen LogP contribution in [0.5, 0.6) is 5.75 Å². The van der Waals surface area contributed by atoms with E-state index in [0.29, 0.717) is 25.3 Å². The number of nitrogens with zero attached hydrogens (tertiary/aromatic N) is 5. The van der Waals surface area contributed by atoms with Gasteiger partial charge in [0.1, 0.15) is 17.9 Å². The molecule has 0 N–H and O–H groups in total. The van der Waals surface area contributed by atoms with Crippen molar-refractivity contribution < 1.29 is 9.53 Å². The number of hydrogen-bond donors (Lipinski definition) is 0. The van der Waals surface area contributed by atoms with Crippen LogP contribution in [0.15, 0.2) is 48.9 Å². The SMILES string of the molecule is COc1cccc(CN2CCN(c3ncnc4ncccc34)CC2=O)c1. The van der Waals surface area contributed by atoms with Gasteiger partial charge in [-0.1, -0.05) is 12.1 Å². The van der Waals surface area contributed by atoms with E-state index in [0.717, 1.165) is 29.1 Å². The number of carbonyl (C=O) groups is 1. The van der Waals surface area contributed by atoms with E-state index < -0.39 is 0 Å². The molecule has 3 heterocycles. The molecule has 1 fully saturated rings. The average molecular weight is 349 g/mol. The maximum Gasteiger partial charge on any atom is 0.242 e. The van der Waals surface area contributed by atoms with Crippen molar-refractivity contribution in [1.29, 1.82) is 0 Å². The molecule has 0 bridgehead atoms. The van der Waals surface area contributed by atoms with E-state index in [1.807, 2.05) is 46.2 Å². The molecule has 1 saturated heterocycles. The third kappa shape index (κ3) is 3.15. The van der Waals surface area contributed by atoms with Crippen LogP contribution in [0, 0.1) is 0 Å². The van der Waals surface area contributed by atoms with Crippen LogP contribution in [0.2, 0.25) is 0 Å². The number of methoxy groups -OCH3 is 1. The van der Waals surface area contributed by atoms with Crippen molar-refractivity contribution in [2.24, 2.45) is 0 Å². The number of piperazine rings is 1. The number of benzene rings is 1. The highest BCUT2D eigenvalue weighted by Crippen LogP contribution is 2.23. The monoisotopic (exact) mass is 349 g/mol. The van der Waals surface area contributed by atoms with E-state index in [-0.39, 0.29) is 5.91 Å². The Morgan fingerprint density at radius 1 is 1.12 bits per heavy atom. The van der Waals surface area contributed by atoms with Gasteiger partial charge in [-0.25, -0.2) is 15.0 Å². The van der Waals surface area contributed by atoms with Crippen molar-refractivity contribution in [3.8, 4) is 5.75 Å². The summed E-state index contributed by atoms with van der Waals surface area (Å²) >= 11 is 0. The van der Waals surface area contributed by atoms with E-state index in [4.69, 9.17) is 4.74 Å². The van der Waals surface area contributed by atoms with Gasteiger partial charge in [0.25, 0.3) is 0 Å². The van der Waals surface area contributed by atoms with Gasteiger partial charge in [-0.05, 0) is 29.8 Å². The van der Waals surface area contributed by atoms with E-state index in [2.05, 4.69) is 15.0 Å². The Morgan fingerprint density at radius 3 is 2.88 bits per heavy atom. The van der Waals surface area contributed by atoms with Gasteiger partial charge in [0.15, 0.2) is 5.65 Å². The van der Waals surface area contributed by atoms with E-state index in [9.17, 15) is 4.79 Å². The lowest BCUT2D eigenvalue weighted by Gasteiger charge is -2.35. The number of hydrogen-bond acceptors (Lipinski definition) is 6. The molecule has 1 aliphatic heterocycles. The fourth-order valence-corrected chi connectivity index (χ4v) is 3.18. The van der Waals surface area contributed by atoms with Crippen LogP contribution < -0.4 is 9.64 Å². The molecule has 4 rings (SSSR count). The minimum Gasteiger partial charge on any atom is -0.497 e. The molecule has 0 saturated carbocycles. The summed E-state index contributed by atoms with van der Waals surface area (Å²) in [6.07, 6.45) is 3.20. The van der Waals surface area contributed by atoms with E-state index >= 15 is 0 Å². The molecule has 0 unspecified atom stereocenters. The van der Waals surface area contributed by atoms with Crippen molar-refractivity contribution in [3.63, 3.8) is 0 Å². The Labute approximate surface area is 151 Å². The quantitative estimate of drug-likeness (QED) is 0.716. The zero-order valence-corrected chi connectivity index (χ0v) is 14.5.